The maximum Gasteiger partial charge on any atom is 0.0599 e. The van der Waals surface area contributed by atoms with E-state index in [2.05, 4.69) is 40.0 Å². The molecule has 19 heavy (non-hydrogen) atoms. The third kappa shape index (κ3) is 3.91. The summed E-state index contributed by atoms with van der Waals surface area (Å²) in [6.07, 6.45) is 5.16. The molecule has 0 aromatic carbocycles. The number of hydrogen-bond donors (Lipinski definition) is 1. The van der Waals surface area contributed by atoms with E-state index in [4.69, 9.17) is 0 Å². The third-order valence-electron chi connectivity index (χ3n) is 3.71. The van der Waals surface area contributed by atoms with Gasteiger partial charge in [-0.3, -0.25) is 9.88 Å². The predicted molar refractivity (Wildman–Crippen MR) is 80.6 cm³/mol. The van der Waals surface area contributed by atoms with Crippen molar-refractivity contribution in [2.75, 3.05) is 44.2 Å². The van der Waals surface area contributed by atoms with Crippen LogP contribution in [0.3, 0.4) is 0 Å². The average Bonchev–Trinajstić information content (AvgIpc) is 2.47. The largest absolute Gasteiger partial charge is 0.367 e. The number of rotatable bonds is 6. The lowest BCUT2D eigenvalue weighted by Gasteiger charge is -2.36. The van der Waals surface area contributed by atoms with Gasteiger partial charge in [0.15, 0.2) is 0 Å². The maximum absolute atomic E-state index is 4.30. The zero-order chi connectivity index (χ0) is 13.5. The normalized spacial score (nSPS) is 16.8. The first-order valence-corrected chi connectivity index (χ1v) is 7.46. The zero-order valence-electron chi connectivity index (χ0n) is 12.2. The molecule has 4 heteroatoms. The Morgan fingerprint density at radius 1 is 1.21 bits per heavy atom. The van der Waals surface area contributed by atoms with E-state index in [0.29, 0.717) is 0 Å². The van der Waals surface area contributed by atoms with Crippen LogP contribution in [0.5, 0.6) is 0 Å². The molecule has 0 saturated carbocycles. The summed E-state index contributed by atoms with van der Waals surface area (Å²) >= 11 is 0. The Hall–Kier alpha value is -1.13. The number of piperazine rings is 1. The number of anilines is 1. The molecule has 1 saturated heterocycles. The summed E-state index contributed by atoms with van der Waals surface area (Å²) in [5, 5.41) is 3.41. The molecule has 1 N–H and O–H groups in total. The minimum Gasteiger partial charge on any atom is -0.367 e. The van der Waals surface area contributed by atoms with Crippen LogP contribution in [-0.4, -0.2) is 49.2 Å². The molecule has 2 heterocycles. The third-order valence-corrected chi connectivity index (χ3v) is 3.71. The van der Waals surface area contributed by atoms with Gasteiger partial charge < -0.3 is 10.2 Å². The molecule has 1 aliphatic rings. The van der Waals surface area contributed by atoms with E-state index in [1.54, 1.807) is 0 Å². The van der Waals surface area contributed by atoms with Crippen molar-refractivity contribution in [2.24, 2.45) is 0 Å². The van der Waals surface area contributed by atoms with Crippen molar-refractivity contribution < 1.29 is 0 Å². The molecule has 106 valence electrons. The van der Waals surface area contributed by atoms with Crippen molar-refractivity contribution in [2.45, 2.75) is 26.8 Å². The monoisotopic (exact) mass is 262 g/mol. The minimum absolute atomic E-state index is 0.934. The number of nitrogens with zero attached hydrogens (tertiary/aromatic N) is 3. The Labute approximate surface area is 116 Å². The lowest BCUT2D eigenvalue weighted by Crippen LogP contribution is -2.47. The molecule has 0 amide bonds. The molecule has 0 spiro atoms. The molecule has 0 radical (unpaired) electrons. The molecule has 0 atom stereocenters. The van der Waals surface area contributed by atoms with Crippen molar-refractivity contribution in [1.29, 1.82) is 0 Å². The lowest BCUT2D eigenvalue weighted by molar-refractivity contribution is 0.258. The van der Waals surface area contributed by atoms with Gasteiger partial charge in [0.25, 0.3) is 0 Å². The first-order valence-electron chi connectivity index (χ1n) is 7.46. The highest BCUT2D eigenvalue weighted by Crippen LogP contribution is 2.20. The Morgan fingerprint density at radius 2 is 2.00 bits per heavy atom. The Bertz CT molecular complexity index is 372. The molecule has 1 fully saturated rings. The first-order chi connectivity index (χ1) is 9.35. The summed E-state index contributed by atoms with van der Waals surface area (Å²) in [6, 6.07) is 2.14. The van der Waals surface area contributed by atoms with Crippen LogP contribution in [0, 0.1) is 0 Å². The Morgan fingerprint density at radius 3 is 2.68 bits per heavy atom. The second kappa shape index (κ2) is 7.46. The van der Waals surface area contributed by atoms with Gasteiger partial charge >= 0.3 is 0 Å². The molecule has 1 aromatic rings. The molecule has 2 rings (SSSR count). The fourth-order valence-corrected chi connectivity index (χ4v) is 2.64. The molecular weight excluding hydrogens is 236 g/mol. The van der Waals surface area contributed by atoms with Crippen LogP contribution in [0.1, 0.15) is 25.8 Å². The summed E-state index contributed by atoms with van der Waals surface area (Å²) in [5.41, 5.74) is 2.67. The van der Waals surface area contributed by atoms with E-state index in [9.17, 15) is 0 Å². The Kier molecular flexibility index (Phi) is 5.61. The highest BCUT2D eigenvalue weighted by atomic mass is 15.3. The molecule has 4 nitrogen and oxygen atoms in total. The molecular formula is C15H26N4. The topological polar surface area (TPSA) is 31.4 Å². The average molecular weight is 262 g/mol. The molecule has 0 unspecified atom stereocenters. The van der Waals surface area contributed by atoms with E-state index in [1.807, 2.05) is 12.4 Å². The van der Waals surface area contributed by atoms with E-state index in [1.165, 1.54) is 37.3 Å². The van der Waals surface area contributed by atoms with E-state index in [-0.39, 0.29) is 0 Å². The summed E-state index contributed by atoms with van der Waals surface area (Å²) in [4.78, 5) is 9.33. The van der Waals surface area contributed by atoms with Crippen LogP contribution in [0.4, 0.5) is 5.69 Å². The van der Waals surface area contributed by atoms with Gasteiger partial charge in [0.05, 0.1) is 11.9 Å². The van der Waals surface area contributed by atoms with Gasteiger partial charge in [-0.1, -0.05) is 13.8 Å². The molecule has 0 bridgehead atoms. The quantitative estimate of drug-likeness (QED) is 0.846. The van der Waals surface area contributed by atoms with Crippen LogP contribution in [0.15, 0.2) is 18.5 Å². The molecule has 1 aliphatic heterocycles. The summed E-state index contributed by atoms with van der Waals surface area (Å²) < 4.78 is 0. The molecule has 1 aromatic heterocycles. The first kappa shape index (κ1) is 14.3. The number of aromatic nitrogens is 1. The van der Waals surface area contributed by atoms with Crippen molar-refractivity contribution in [3.05, 3.63) is 24.0 Å². The highest BCUT2D eigenvalue weighted by molar-refractivity contribution is 5.52. The van der Waals surface area contributed by atoms with E-state index in [0.717, 1.165) is 26.2 Å². The summed E-state index contributed by atoms with van der Waals surface area (Å²) in [7, 11) is 0. The Balaban J connectivity index is 1.98. The zero-order valence-corrected chi connectivity index (χ0v) is 12.2. The van der Waals surface area contributed by atoms with Crippen LogP contribution in [0.2, 0.25) is 0 Å². The van der Waals surface area contributed by atoms with Gasteiger partial charge in [0, 0.05) is 38.9 Å². The number of hydrogen-bond acceptors (Lipinski definition) is 4. The number of pyridine rings is 1. The van der Waals surface area contributed by atoms with Crippen molar-refractivity contribution in [3.8, 4) is 0 Å². The van der Waals surface area contributed by atoms with Crippen molar-refractivity contribution >= 4 is 5.69 Å². The summed E-state index contributed by atoms with van der Waals surface area (Å²) in [5.74, 6) is 0. The standard InChI is InChI=1S/C15H26N4/c1-3-7-18-8-10-19(11-9-18)15-13-17-6-5-14(15)12-16-4-2/h5-6,13,16H,3-4,7-12H2,1-2H3. The predicted octanol–water partition coefficient (Wildman–Crippen LogP) is 1.72. The van der Waals surface area contributed by atoms with Gasteiger partial charge in [0.1, 0.15) is 0 Å². The van der Waals surface area contributed by atoms with Gasteiger partial charge in [-0.2, -0.15) is 0 Å². The fraction of sp³-hybridized carbons (Fsp3) is 0.667. The van der Waals surface area contributed by atoms with Crippen molar-refractivity contribution in [3.63, 3.8) is 0 Å². The lowest BCUT2D eigenvalue weighted by atomic mass is 10.2. The maximum atomic E-state index is 4.30. The second-order valence-electron chi connectivity index (χ2n) is 5.11. The summed E-state index contributed by atoms with van der Waals surface area (Å²) in [6.45, 7) is 12.1. The van der Waals surface area contributed by atoms with Crippen LogP contribution >= 0.6 is 0 Å². The highest BCUT2D eigenvalue weighted by Gasteiger charge is 2.18. The van der Waals surface area contributed by atoms with Gasteiger partial charge in [0.2, 0.25) is 0 Å². The molecule has 0 aliphatic carbocycles. The smallest absolute Gasteiger partial charge is 0.0599 e. The van der Waals surface area contributed by atoms with E-state index < -0.39 is 0 Å². The van der Waals surface area contributed by atoms with E-state index >= 15 is 0 Å². The van der Waals surface area contributed by atoms with Gasteiger partial charge in [-0.05, 0) is 31.1 Å². The fourth-order valence-electron chi connectivity index (χ4n) is 2.64. The van der Waals surface area contributed by atoms with Gasteiger partial charge in [-0.25, -0.2) is 0 Å². The minimum atomic E-state index is 0.934. The van der Waals surface area contributed by atoms with Crippen molar-refractivity contribution in [1.82, 2.24) is 15.2 Å². The van der Waals surface area contributed by atoms with Crippen LogP contribution in [-0.2, 0) is 6.54 Å². The number of nitrogens with one attached hydrogen (secondary N) is 1. The van der Waals surface area contributed by atoms with Crippen LogP contribution in [0.25, 0.3) is 0 Å². The second-order valence-corrected chi connectivity index (χ2v) is 5.11. The van der Waals surface area contributed by atoms with Crippen LogP contribution < -0.4 is 10.2 Å². The SMILES string of the molecule is CCCN1CCN(c2cnccc2CNCC)CC1. The van der Waals surface area contributed by atoms with Gasteiger partial charge in [-0.15, -0.1) is 0 Å².